The highest BCUT2D eigenvalue weighted by Crippen LogP contribution is 2.29. The minimum atomic E-state index is 0.373. The molecule has 2 saturated heterocycles. The van der Waals surface area contributed by atoms with Gasteiger partial charge in [-0.05, 0) is 31.8 Å². The van der Waals surface area contributed by atoms with Crippen LogP contribution in [0.2, 0.25) is 0 Å². The van der Waals surface area contributed by atoms with Gasteiger partial charge in [0.1, 0.15) is 0 Å². The maximum Gasteiger partial charge on any atom is 0.229 e. The van der Waals surface area contributed by atoms with E-state index in [9.17, 15) is 0 Å². The van der Waals surface area contributed by atoms with Crippen molar-refractivity contribution >= 4 is 0 Å². The SMILES string of the molecule is CC(c1nc(C2CCOCC2)no1)C1CNC1. The molecule has 0 spiro atoms. The molecular formula is C12H19N3O2. The van der Waals surface area contributed by atoms with E-state index in [2.05, 4.69) is 22.4 Å². The number of nitrogens with one attached hydrogen (secondary N) is 1. The zero-order valence-electron chi connectivity index (χ0n) is 10.2. The first-order valence-electron chi connectivity index (χ1n) is 6.46. The second kappa shape index (κ2) is 4.74. The second-order valence-electron chi connectivity index (χ2n) is 5.08. The highest BCUT2D eigenvalue weighted by molar-refractivity contribution is 5.02. The van der Waals surface area contributed by atoms with Gasteiger partial charge in [-0.25, -0.2) is 0 Å². The van der Waals surface area contributed by atoms with Gasteiger partial charge in [-0.2, -0.15) is 4.98 Å². The van der Waals surface area contributed by atoms with E-state index in [1.165, 1.54) is 0 Å². The van der Waals surface area contributed by atoms with Gasteiger partial charge in [-0.1, -0.05) is 12.1 Å². The Kier molecular flexibility index (Phi) is 3.11. The van der Waals surface area contributed by atoms with Crippen molar-refractivity contribution in [1.82, 2.24) is 15.5 Å². The molecule has 1 unspecified atom stereocenters. The topological polar surface area (TPSA) is 60.2 Å². The summed E-state index contributed by atoms with van der Waals surface area (Å²) < 4.78 is 10.8. The van der Waals surface area contributed by atoms with Crippen LogP contribution in [-0.4, -0.2) is 36.4 Å². The third kappa shape index (κ3) is 2.21. The Morgan fingerprint density at radius 3 is 2.71 bits per heavy atom. The molecule has 0 aromatic carbocycles. The highest BCUT2D eigenvalue weighted by Gasteiger charge is 2.30. The molecule has 1 aromatic heterocycles. The van der Waals surface area contributed by atoms with Gasteiger partial charge in [0.25, 0.3) is 0 Å². The van der Waals surface area contributed by atoms with Crippen LogP contribution in [-0.2, 0) is 4.74 Å². The Labute approximate surface area is 101 Å². The van der Waals surface area contributed by atoms with E-state index in [4.69, 9.17) is 9.26 Å². The summed E-state index contributed by atoms with van der Waals surface area (Å²) in [5.41, 5.74) is 0. The fourth-order valence-electron chi connectivity index (χ4n) is 2.42. The summed E-state index contributed by atoms with van der Waals surface area (Å²) in [7, 11) is 0. The van der Waals surface area contributed by atoms with Crippen LogP contribution in [0, 0.1) is 5.92 Å². The lowest BCUT2D eigenvalue weighted by Crippen LogP contribution is -2.44. The van der Waals surface area contributed by atoms with Crippen LogP contribution in [0.4, 0.5) is 0 Å². The molecule has 2 aliphatic heterocycles. The molecule has 5 nitrogen and oxygen atoms in total. The molecule has 94 valence electrons. The quantitative estimate of drug-likeness (QED) is 0.858. The van der Waals surface area contributed by atoms with E-state index < -0.39 is 0 Å². The molecule has 0 saturated carbocycles. The van der Waals surface area contributed by atoms with E-state index in [0.717, 1.165) is 50.9 Å². The Morgan fingerprint density at radius 2 is 2.06 bits per heavy atom. The second-order valence-corrected chi connectivity index (χ2v) is 5.08. The Morgan fingerprint density at radius 1 is 1.29 bits per heavy atom. The minimum absolute atomic E-state index is 0.373. The first-order chi connectivity index (χ1) is 8.34. The van der Waals surface area contributed by atoms with Crippen molar-refractivity contribution in [2.75, 3.05) is 26.3 Å². The summed E-state index contributed by atoms with van der Waals surface area (Å²) in [5.74, 6) is 3.13. The lowest BCUT2D eigenvalue weighted by molar-refractivity contribution is 0.0830. The monoisotopic (exact) mass is 237 g/mol. The van der Waals surface area contributed by atoms with Gasteiger partial charge in [0.15, 0.2) is 5.82 Å². The van der Waals surface area contributed by atoms with Gasteiger partial charge in [-0.3, -0.25) is 0 Å². The standard InChI is InChI=1S/C12H19N3O2/c1-8(10-6-13-7-10)12-14-11(15-17-12)9-2-4-16-5-3-9/h8-10,13H,2-7H2,1H3. The smallest absolute Gasteiger partial charge is 0.229 e. The molecule has 0 amide bonds. The molecule has 5 heteroatoms. The van der Waals surface area contributed by atoms with E-state index in [-0.39, 0.29) is 0 Å². The number of rotatable bonds is 3. The molecule has 17 heavy (non-hydrogen) atoms. The van der Waals surface area contributed by atoms with Gasteiger partial charge in [0.2, 0.25) is 5.89 Å². The maximum absolute atomic E-state index is 5.41. The predicted molar refractivity (Wildman–Crippen MR) is 61.9 cm³/mol. The van der Waals surface area contributed by atoms with E-state index in [1.807, 2.05) is 0 Å². The zero-order valence-corrected chi connectivity index (χ0v) is 10.2. The van der Waals surface area contributed by atoms with Crippen LogP contribution in [0.25, 0.3) is 0 Å². The van der Waals surface area contributed by atoms with Crippen molar-refractivity contribution in [2.45, 2.75) is 31.6 Å². The lowest BCUT2D eigenvalue weighted by atomic mass is 9.89. The summed E-state index contributed by atoms with van der Waals surface area (Å²) in [5, 5.41) is 7.42. The Hall–Kier alpha value is -0.940. The lowest BCUT2D eigenvalue weighted by Gasteiger charge is -2.30. The molecule has 1 aromatic rings. The van der Waals surface area contributed by atoms with Crippen molar-refractivity contribution in [3.8, 4) is 0 Å². The summed E-state index contributed by atoms with van der Waals surface area (Å²) >= 11 is 0. The molecule has 2 fully saturated rings. The molecule has 1 N–H and O–H groups in total. The number of hydrogen-bond donors (Lipinski definition) is 1. The van der Waals surface area contributed by atoms with Crippen LogP contribution < -0.4 is 5.32 Å². The first-order valence-corrected chi connectivity index (χ1v) is 6.46. The number of hydrogen-bond acceptors (Lipinski definition) is 5. The largest absolute Gasteiger partial charge is 0.381 e. The third-order valence-electron chi connectivity index (χ3n) is 3.95. The fraction of sp³-hybridized carbons (Fsp3) is 0.833. The zero-order chi connectivity index (χ0) is 11.7. The van der Waals surface area contributed by atoms with Crippen molar-refractivity contribution in [3.05, 3.63) is 11.7 Å². The molecular weight excluding hydrogens is 218 g/mol. The molecule has 3 heterocycles. The molecule has 0 aliphatic carbocycles. The highest BCUT2D eigenvalue weighted by atomic mass is 16.5. The molecule has 3 rings (SSSR count). The van der Waals surface area contributed by atoms with E-state index in [0.29, 0.717) is 17.8 Å². The Bertz CT molecular complexity index is 353. The normalized spacial score (nSPS) is 24.5. The van der Waals surface area contributed by atoms with E-state index in [1.54, 1.807) is 0 Å². The summed E-state index contributed by atoms with van der Waals surface area (Å²) in [4.78, 5) is 4.58. The predicted octanol–water partition coefficient (Wildman–Crippen LogP) is 1.29. The van der Waals surface area contributed by atoms with Crippen molar-refractivity contribution < 1.29 is 9.26 Å². The average molecular weight is 237 g/mol. The van der Waals surface area contributed by atoms with Gasteiger partial charge in [-0.15, -0.1) is 0 Å². The van der Waals surface area contributed by atoms with Gasteiger partial charge in [0.05, 0.1) is 0 Å². The molecule has 0 bridgehead atoms. The van der Waals surface area contributed by atoms with Crippen LogP contribution in [0.15, 0.2) is 4.52 Å². The maximum atomic E-state index is 5.41. The van der Waals surface area contributed by atoms with Gasteiger partial charge >= 0.3 is 0 Å². The van der Waals surface area contributed by atoms with Gasteiger partial charge < -0.3 is 14.6 Å². The molecule has 0 radical (unpaired) electrons. The van der Waals surface area contributed by atoms with Crippen LogP contribution in [0.5, 0.6) is 0 Å². The Balaban J connectivity index is 1.68. The first kappa shape index (κ1) is 11.2. The third-order valence-corrected chi connectivity index (χ3v) is 3.95. The van der Waals surface area contributed by atoms with Crippen LogP contribution >= 0.6 is 0 Å². The molecule has 1 atom stereocenters. The summed E-state index contributed by atoms with van der Waals surface area (Å²) in [6, 6.07) is 0. The molecule has 2 aliphatic rings. The number of nitrogens with zero attached hydrogens (tertiary/aromatic N) is 2. The van der Waals surface area contributed by atoms with Crippen molar-refractivity contribution in [3.63, 3.8) is 0 Å². The number of ether oxygens (including phenoxy) is 1. The average Bonchev–Trinajstić information content (AvgIpc) is 2.77. The fourth-order valence-corrected chi connectivity index (χ4v) is 2.42. The van der Waals surface area contributed by atoms with E-state index >= 15 is 0 Å². The van der Waals surface area contributed by atoms with Crippen LogP contribution in [0.1, 0.15) is 43.3 Å². The minimum Gasteiger partial charge on any atom is -0.381 e. The summed E-state index contributed by atoms with van der Waals surface area (Å²) in [6.07, 6.45) is 2.02. The van der Waals surface area contributed by atoms with Gasteiger partial charge in [0, 0.05) is 25.0 Å². The van der Waals surface area contributed by atoms with Crippen molar-refractivity contribution in [1.29, 1.82) is 0 Å². The van der Waals surface area contributed by atoms with Crippen molar-refractivity contribution in [2.24, 2.45) is 5.92 Å². The van der Waals surface area contributed by atoms with Crippen LogP contribution in [0.3, 0.4) is 0 Å². The summed E-state index contributed by atoms with van der Waals surface area (Å²) in [6.45, 7) is 5.94. The number of aromatic nitrogens is 2.